The first-order valence-electron chi connectivity index (χ1n) is 8.51. The molecular formula is C21H24O5. The molecule has 1 aromatic carbocycles. The monoisotopic (exact) mass is 356 g/mol. The number of carbonyl (C=O) groups excluding carboxylic acids is 3. The average molecular weight is 356 g/mol. The molecule has 0 spiro atoms. The molecule has 138 valence electrons. The van der Waals surface area contributed by atoms with Gasteiger partial charge in [-0.05, 0) is 30.2 Å². The lowest BCUT2D eigenvalue weighted by Crippen LogP contribution is -2.43. The van der Waals surface area contributed by atoms with E-state index in [9.17, 15) is 14.4 Å². The maximum Gasteiger partial charge on any atom is 0.331 e. The van der Waals surface area contributed by atoms with Crippen LogP contribution in [0.3, 0.4) is 0 Å². The summed E-state index contributed by atoms with van der Waals surface area (Å²) in [7, 11) is 0. The Hall–Kier alpha value is -2.69. The molecule has 1 aromatic rings. The molecule has 0 fully saturated rings. The van der Waals surface area contributed by atoms with E-state index in [-0.39, 0.29) is 12.2 Å². The molecule has 2 unspecified atom stereocenters. The SMILES string of the molecule is CC(=O)OC1C=C(C)C(=O)CC(C)(C)C1OC(=O)C=Cc1ccccc1. The van der Waals surface area contributed by atoms with E-state index >= 15 is 0 Å². The largest absolute Gasteiger partial charge is 0.454 e. The van der Waals surface area contributed by atoms with Gasteiger partial charge in [0, 0.05) is 24.8 Å². The number of rotatable bonds is 4. The number of ether oxygens (including phenoxy) is 2. The molecule has 0 amide bonds. The summed E-state index contributed by atoms with van der Waals surface area (Å²) in [4.78, 5) is 36.0. The normalized spacial score (nSPS) is 22.5. The predicted molar refractivity (Wildman–Crippen MR) is 98.1 cm³/mol. The summed E-state index contributed by atoms with van der Waals surface area (Å²) in [6.45, 7) is 6.62. The molecule has 5 heteroatoms. The first-order valence-corrected chi connectivity index (χ1v) is 8.51. The van der Waals surface area contributed by atoms with Gasteiger partial charge in [0.25, 0.3) is 0 Å². The fraction of sp³-hybridized carbons (Fsp3) is 0.381. The van der Waals surface area contributed by atoms with Crippen LogP contribution in [0.4, 0.5) is 0 Å². The lowest BCUT2D eigenvalue weighted by atomic mass is 9.80. The van der Waals surface area contributed by atoms with Crippen molar-refractivity contribution in [1.29, 1.82) is 0 Å². The number of esters is 2. The minimum absolute atomic E-state index is 0.0504. The van der Waals surface area contributed by atoms with E-state index in [0.29, 0.717) is 5.57 Å². The Morgan fingerprint density at radius 2 is 1.81 bits per heavy atom. The first kappa shape index (κ1) is 19.6. The molecule has 0 bridgehead atoms. The third kappa shape index (κ3) is 5.15. The summed E-state index contributed by atoms with van der Waals surface area (Å²) in [5, 5.41) is 0. The molecule has 2 rings (SSSR count). The third-order valence-corrected chi connectivity index (χ3v) is 4.30. The van der Waals surface area contributed by atoms with E-state index in [1.165, 1.54) is 13.0 Å². The third-order valence-electron chi connectivity index (χ3n) is 4.30. The molecule has 0 radical (unpaired) electrons. The average Bonchev–Trinajstić information content (AvgIpc) is 2.63. The Kier molecular flexibility index (Phi) is 6.14. The van der Waals surface area contributed by atoms with Gasteiger partial charge in [0.1, 0.15) is 6.10 Å². The van der Waals surface area contributed by atoms with Gasteiger partial charge >= 0.3 is 11.9 Å². The van der Waals surface area contributed by atoms with Crippen molar-refractivity contribution in [2.24, 2.45) is 5.41 Å². The second-order valence-corrected chi connectivity index (χ2v) is 7.11. The number of carbonyl (C=O) groups is 3. The minimum atomic E-state index is -0.803. The lowest BCUT2D eigenvalue weighted by molar-refractivity contribution is -0.168. The standard InChI is InChI=1S/C21H24O5/c1-14-12-18(25-15(2)22)20(21(3,4)13-17(14)23)26-19(24)11-10-16-8-6-5-7-9-16/h5-12,18,20H,13H2,1-4H3. The topological polar surface area (TPSA) is 69.7 Å². The summed E-state index contributed by atoms with van der Waals surface area (Å²) in [5.41, 5.74) is 0.691. The number of benzene rings is 1. The van der Waals surface area contributed by atoms with Crippen molar-refractivity contribution >= 4 is 23.8 Å². The van der Waals surface area contributed by atoms with Gasteiger partial charge in [0.15, 0.2) is 11.9 Å². The molecule has 0 saturated carbocycles. The van der Waals surface area contributed by atoms with Crippen molar-refractivity contribution in [3.63, 3.8) is 0 Å². The van der Waals surface area contributed by atoms with Gasteiger partial charge in [-0.1, -0.05) is 44.2 Å². The van der Waals surface area contributed by atoms with Crippen LogP contribution in [0, 0.1) is 5.41 Å². The van der Waals surface area contributed by atoms with Crippen LogP contribution < -0.4 is 0 Å². The molecular weight excluding hydrogens is 332 g/mol. The van der Waals surface area contributed by atoms with E-state index in [0.717, 1.165) is 5.56 Å². The van der Waals surface area contributed by atoms with E-state index in [2.05, 4.69) is 0 Å². The quantitative estimate of drug-likeness (QED) is 0.610. The maximum absolute atomic E-state index is 12.3. The Morgan fingerprint density at radius 1 is 1.15 bits per heavy atom. The zero-order valence-corrected chi connectivity index (χ0v) is 15.5. The molecule has 0 N–H and O–H groups in total. The maximum atomic E-state index is 12.3. The molecule has 0 aliphatic heterocycles. The van der Waals surface area contributed by atoms with E-state index in [4.69, 9.17) is 9.47 Å². The Bertz CT molecular complexity index is 743. The molecule has 0 saturated heterocycles. The van der Waals surface area contributed by atoms with Crippen molar-refractivity contribution in [3.8, 4) is 0 Å². The van der Waals surface area contributed by atoms with Crippen LogP contribution >= 0.6 is 0 Å². The Labute approximate surface area is 153 Å². The lowest BCUT2D eigenvalue weighted by Gasteiger charge is -2.35. The van der Waals surface area contributed by atoms with Crippen LogP contribution in [0.25, 0.3) is 6.08 Å². The predicted octanol–water partition coefficient (Wildman–Crippen LogP) is 3.49. The van der Waals surface area contributed by atoms with E-state index < -0.39 is 29.6 Å². The first-order chi connectivity index (χ1) is 12.2. The fourth-order valence-corrected chi connectivity index (χ4v) is 2.93. The fourth-order valence-electron chi connectivity index (χ4n) is 2.93. The van der Waals surface area contributed by atoms with Crippen molar-refractivity contribution in [3.05, 3.63) is 53.6 Å². The zero-order valence-electron chi connectivity index (χ0n) is 15.5. The highest BCUT2D eigenvalue weighted by atomic mass is 16.6. The van der Waals surface area contributed by atoms with E-state index in [1.54, 1.807) is 19.1 Å². The van der Waals surface area contributed by atoms with Crippen LogP contribution in [0.2, 0.25) is 0 Å². The number of hydrogen-bond donors (Lipinski definition) is 0. The smallest absolute Gasteiger partial charge is 0.331 e. The Morgan fingerprint density at radius 3 is 2.42 bits per heavy atom. The van der Waals surface area contributed by atoms with Gasteiger partial charge in [-0.2, -0.15) is 0 Å². The molecule has 0 heterocycles. The summed E-state index contributed by atoms with van der Waals surface area (Å²) in [6, 6.07) is 9.36. The zero-order chi connectivity index (χ0) is 19.3. The number of ketones is 1. The summed E-state index contributed by atoms with van der Waals surface area (Å²) >= 11 is 0. The molecule has 5 nitrogen and oxygen atoms in total. The highest BCUT2D eigenvalue weighted by Crippen LogP contribution is 2.36. The highest BCUT2D eigenvalue weighted by Gasteiger charge is 2.43. The van der Waals surface area contributed by atoms with Crippen molar-refractivity contribution < 1.29 is 23.9 Å². The van der Waals surface area contributed by atoms with Crippen LogP contribution in [0.1, 0.15) is 39.7 Å². The summed E-state index contributed by atoms with van der Waals surface area (Å²) in [6.07, 6.45) is 3.19. The summed E-state index contributed by atoms with van der Waals surface area (Å²) < 4.78 is 11.0. The molecule has 1 aliphatic rings. The van der Waals surface area contributed by atoms with Gasteiger partial charge in [0.2, 0.25) is 0 Å². The van der Waals surface area contributed by atoms with Crippen LogP contribution in [-0.4, -0.2) is 29.9 Å². The van der Waals surface area contributed by atoms with Gasteiger partial charge in [-0.15, -0.1) is 0 Å². The van der Waals surface area contributed by atoms with Gasteiger partial charge in [-0.3, -0.25) is 9.59 Å². The Balaban J connectivity index is 2.23. The molecule has 2 atom stereocenters. The number of Topliss-reactive ketones (excluding diaryl/α,β-unsaturated/α-hetero) is 1. The van der Waals surface area contributed by atoms with Gasteiger partial charge < -0.3 is 9.47 Å². The second kappa shape index (κ2) is 8.13. The molecule has 26 heavy (non-hydrogen) atoms. The minimum Gasteiger partial charge on any atom is -0.454 e. The van der Waals surface area contributed by atoms with Crippen molar-refractivity contribution in [1.82, 2.24) is 0 Å². The van der Waals surface area contributed by atoms with Crippen molar-refractivity contribution in [2.45, 2.75) is 46.3 Å². The van der Waals surface area contributed by atoms with Gasteiger partial charge in [0.05, 0.1) is 0 Å². The highest BCUT2D eigenvalue weighted by molar-refractivity contribution is 5.96. The van der Waals surface area contributed by atoms with Crippen LogP contribution in [-0.2, 0) is 23.9 Å². The second-order valence-electron chi connectivity index (χ2n) is 7.11. The van der Waals surface area contributed by atoms with Crippen LogP contribution in [0.15, 0.2) is 48.1 Å². The number of hydrogen-bond acceptors (Lipinski definition) is 5. The van der Waals surface area contributed by atoms with Crippen LogP contribution in [0.5, 0.6) is 0 Å². The molecule has 1 aliphatic carbocycles. The van der Waals surface area contributed by atoms with Gasteiger partial charge in [-0.25, -0.2) is 4.79 Å². The van der Waals surface area contributed by atoms with E-state index in [1.807, 2.05) is 44.2 Å². The van der Waals surface area contributed by atoms with Crippen molar-refractivity contribution in [2.75, 3.05) is 0 Å². The summed E-state index contributed by atoms with van der Waals surface area (Å²) in [5.74, 6) is -1.10. The molecule has 0 aromatic heterocycles. The number of allylic oxidation sites excluding steroid dienone is 1.